The SMILES string of the molecule is c1ccc2cc(-c3c4ccccc4c(-c4c5ccccc5nc5c4ccc4cccnc45)c4ccccc34)ccc2c1. The third-order valence-corrected chi connectivity index (χ3v) is 8.64. The topological polar surface area (TPSA) is 25.8 Å². The minimum atomic E-state index is 0.934. The van der Waals surface area contributed by atoms with Gasteiger partial charge in [0.1, 0.15) is 0 Å². The van der Waals surface area contributed by atoms with Crippen molar-refractivity contribution < 1.29 is 0 Å². The molecule has 0 aliphatic carbocycles. The quantitative estimate of drug-likeness (QED) is 0.163. The van der Waals surface area contributed by atoms with Crippen molar-refractivity contribution in [2.45, 2.75) is 0 Å². The highest BCUT2D eigenvalue weighted by molar-refractivity contribution is 6.28. The zero-order chi connectivity index (χ0) is 27.6. The van der Waals surface area contributed by atoms with Gasteiger partial charge in [-0.2, -0.15) is 0 Å². The number of pyridine rings is 2. The first kappa shape index (κ1) is 23.1. The van der Waals surface area contributed by atoms with E-state index >= 15 is 0 Å². The maximum absolute atomic E-state index is 5.18. The first-order chi connectivity index (χ1) is 20.8. The molecular weight excluding hydrogens is 508 g/mol. The van der Waals surface area contributed by atoms with Crippen molar-refractivity contribution in [1.82, 2.24) is 9.97 Å². The molecule has 2 heteroatoms. The highest BCUT2D eigenvalue weighted by atomic mass is 14.7. The number of benzene rings is 7. The summed E-state index contributed by atoms with van der Waals surface area (Å²) in [5.74, 6) is 0. The van der Waals surface area contributed by atoms with Gasteiger partial charge < -0.3 is 0 Å². The molecule has 2 nitrogen and oxygen atoms in total. The van der Waals surface area contributed by atoms with Crippen LogP contribution in [0.2, 0.25) is 0 Å². The molecule has 0 atom stereocenters. The summed E-state index contributed by atoms with van der Waals surface area (Å²) in [6, 6.07) is 50.2. The Morgan fingerprint density at radius 3 is 1.69 bits per heavy atom. The summed E-state index contributed by atoms with van der Waals surface area (Å²) in [6.45, 7) is 0. The van der Waals surface area contributed by atoms with Crippen molar-refractivity contribution in [2.75, 3.05) is 0 Å². The van der Waals surface area contributed by atoms with Gasteiger partial charge in [-0.1, -0.05) is 121 Å². The molecule has 0 fully saturated rings. The molecule has 0 spiro atoms. The largest absolute Gasteiger partial charge is 0.254 e. The fraction of sp³-hybridized carbons (Fsp3) is 0. The van der Waals surface area contributed by atoms with Gasteiger partial charge in [-0.3, -0.25) is 4.98 Å². The van der Waals surface area contributed by atoms with Crippen molar-refractivity contribution in [1.29, 1.82) is 0 Å². The number of fused-ring (bicyclic) bond motifs is 7. The van der Waals surface area contributed by atoms with Gasteiger partial charge in [-0.05, 0) is 67.2 Å². The Hall–Kier alpha value is -5.60. The minimum Gasteiger partial charge on any atom is -0.254 e. The summed E-state index contributed by atoms with van der Waals surface area (Å²) >= 11 is 0. The lowest BCUT2D eigenvalue weighted by Crippen LogP contribution is -1.95. The molecule has 2 aromatic heterocycles. The molecule has 2 heterocycles. The molecule has 0 aliphatic heterocycles. The Balaban J connectivity index is 1.49. The molecule has 0 saturated carbocycles. The Morgan fingerprint density at radius 1 is 0.357 bits per heavy atom. The minimum absolute atomic E-state index is 0.934. The molecule has 9 aromatic rings. The number of para-hydroxylation sites is 1. The van der Waals surface area contributed by atoms with E-state index in [0.717, 1.165) is 32.7 Å². The zero-order valence-electron chi connectivity index (χ0n) is 22.8. The van der Waals surface area contributed by atoms with Crippen LogP contribution in [0.3, 0.4) is 0 Å². The van der Waals surface area contributed by atoms with E-state index in [9.17, 15) is 0 Å². The fourth-order valence-corrected chi connectivity index (χ4v) is 6.82. The Bertz CT molecular complexity index is 2470. The normalized spacial score (nSPS) is 11.8. The second-order valence-corrected chi connectivity index (χ2v) is 10.9. The van der Waals surface area contributed by atoms with Gasteiger partial charge in [0.25, 0.3) is 0 Å². The average molecular weight is 533 g/mol. The molecular formula is C40H24N2. The summed E-state index contributed by atoms with van der Waals surface area (Å²) in [6.07, 6.45) is 1.86. The predicted octanol–water partition coefficient (Wildman–Crippen LogP) is 10.7. The Morgan fingerprint density at radius 2 is 0.929 bits per heavy atom. The monoisotopic (exact) mass is 532 g/mol. The van der Waals surface area contributed by atoms with Gasteiger partial charge in [0.05, 0.1) is 16.6 Å². The lowest BCUT2D eigenvalue weighted by molar-refractivity contribution is 1.40. The molecule has 194 valence electrons. The molecule has 0 amide bonds. The van der Waals surface area contributed by atoms with E-state index in [1.807, 2.05) is 12.3 Å². The molecule has 0 N–H and O–H groups in total. The first-order valence-electron chi connectivity index (χ1n) is 14.3. The Labute approximate surface area is 242 Å². The second-order valence-electron chi connectivity index (χ2n) is 10.9. The molecule has 0 aliphatic rings. The van der Waals surface area contributed by atoms with Crippen LogP contribution in [0.15, 0.2) is 146 Å². The van der Waals surface area contributed by atoms with Gasteiger partial charge in [0.2, 0.25) is 0 Å². The van der Waals surface area contributed by atoms with E-state index in [4.69, 9.17) is 9.97 Å². The predicted molar refractivity (Wildman–Crippen MR) is 178 cm³/mol. The van der Waals surface area contributed by atoms with Gasteiger partial charge in [0, 0.05) is 27.9 Å². The van der Waals surface area contributed by atoms with Gasteiger partial charge in [0.15, 0.2) is 0 Å². The summed E-state index contributed by atoms with van der Waals surface area (Å²) < 4.78 is 0. The number of rotatable bonds is 2. The van der Waals surface area contributed by atoms with E-state index < -0.39 is 0 Å². The summed E-state index contributed by atoms with van der Waals surface area (Å²) in [7, 11) is 0. The van der Waals surface area contributed by atoms with Crippen LogP contribution in [-0.4, -0.2) is 9.97 Å². The van der Waals surface area contributed by atoms with Gasteiger partial charge in [-0.15, -0.1) is 0 Å². The van der Waals surface area contributed by atoms with Crippen LogP contribution in [0, 0.1) is 0 Å². The zero-order valence-corrected chi connectivity index (χ0v) is 22.8. The highest BCUT2D eigenvalue weighted by Crippen LogP contribution is 2.47. The molecule has 0 radical (unpaired) electrons. The smallest absolute Gasteiger partial charge is 0.0978 e. The highest BCUT2D eigenvalue weighted by Gasteiger charge is 2.21. The van der Waals surface area contributed by atoms with Crippen molar-refractivity contribution in [3.05, 3.63) is 146 Å². The lowest BCUT2D eigenvalue weighted by atomic mass is 9.83. The van der Waals surface area contributed by atoms with E-state index in [2.05, 4.69) is 133 Å². The van der Waals surface area contributed by atoms with Crippen molar-refractivity contribution >= 4 is 65.0 Å². The second kappa shape index (κ2) is 8.95. The van der Waals surface area contributed by atoms with E-state index in [1.165, 1.54) is 54.6 Å². The van der Waals surface area contributed by atoms with Gasteiger partial charge >= 0.3 is 0 Å². The third kappa shape index (κ3) is 3.33. The lowest BCUT2D eigenvalue weighted by Gasteiger charge is -2.20. The fourth-order valence-electron chi connectivity index (χ4n) is 6.82. The first-order valence-corrected chi connectivity index (χ1v) is 14.3. The molecule has 7 aromatic carbocycles. The standard InChI is InChI=1S/C40H24N2/c1-2-11-27-24-28(20-19-25(27)10-1)36-29-13-3-5-15-31(29)37(32-16-6-4-14-30(32)36)38-33-17-7-8-18-35(33)42-40-34(38)22-21-26-12-9-23-41-39(26)40/h1-24H. The van der Waals surface area contributed by atoms with Crippen molar-refractivity contribution in [3.63, 3.8) is 0 Å². The van der Waals surface area contributed by atoms with E-state index in [0.29, 0.717) is 0 Å². The van der Waals surface area contributed by atoms with Crippen molar-refractivity contribution in [3.8, 4) is 22.3 Å². The van der Waals surface area contributed by atoms with Crippen LogP contribution in [0.1, 0.15) is 0 Å². The van der Waals surface area contributed by atoms with Gasteiger partial charge in [-0.25, -0.2) is 4.98 Å². The van der Waals surface area contributed by atoms with Crippen molar-refractivity contribution in [2.24, 2.45) is 0 Å². The number of aromatic nitrogens is 2. The number of hydrogen-bond acceptors (Lipinski definition) is 2. The number of hydrogen-bond donors (Lipinski definition) is 0. The number of nitrogens with zero attached hydrogens (tertiary/aromatic N) is 2. The van der Waals surface area contributed by atoms with Crippen LogP contribution < -0.4 is 0 Å². The van der Waals surface area contributed by atoms with Crippen LogP contribution in [0.5, 0.6) is 0 Å². The summed E-state index contributed by atoms with van der Waals surface area (Å²) in [4.78, 5) is 9.98. The van der Waals surface area contributed by atoms with Crippen LogP contribution in [-0.2, 0) is 0 Å². The molecule has 0 bridgehead atoms. The molecule has 9 rings (SSSR count). The van der Waals surface area contributed by atoms with Crippen LogP contribution in [0.25, 0.3) is 87.3 Å². The van der Waals surface area contributed by atoms with Crippen LogP contribution >= 0.6 is 0 Å². The third-order valence-electron chi connectivity index (χ3n) is 8.64. The maximum atomic E-state index is 5.18. The molecule has 42 heavy (non-hydrogen) atoms. The van der Waals surface area contributed by atoms with E-state index in [-0.39, 0.29) is 0 Å². The van der Waals surface area contributed by atoms with Crippen LogP contribution in [0.4, 0.5) is 0 Å². The molecule has 0 saturated heterocycles. The summed E-state index contributed by atoms with van der Waals surface area (Å²) in [5.41, 5.74) is 7.80. The average Bonchev–Trinajstić information content (AvgIpc) is 3.06. The summed E-state index contributed by atoms with van der Waals surface area (Å²) in [5, 5.41) is 10.8. The Kier molecular flexibility index (Phi) is 4.93. The molecule has 0 unspecified atom stereocenters. The van der Waals surface area contributed by atoms with E-state index in [1.54, 1.807) is 0 Å². The maximum Gasteiger partial charge on any atom is 0.0978 e.